The first-order valence-corrected chi connectivity index (χ1v) is 6.15. The molecule has 1 aliphatic carbocycles. The summed E-state index contributed by atoms with van der Waals surface area (Å²) in [7, 11) is 4.47. The lowest BCUT2D eigenvalue weighted by Crippen LogP contribution is -2.25. The Balaban J connectivity index is 2.44. The lowest BCUT2D eigenvalue weighted by atomic mass is 10.0. The van der Waals surface area contributed by atoms with Crippen LogP contribution in [0.25, 0.3) is 0 Å². The average molecular weight is 265 g/mol. The maximum Gasteiger partial charge on any atom is 0.337 e. The van der Waals surface area contributed by atoms with E-state index in [1.54, 1.807) is 19.2 Å². The number of rotatable bonds is 5. The van der Waals surface area contributed by atoms with Gasteiger partial charge in [0.25, 0.3) is 0 Å². The zero-order valence-electron chi connectivity index (χ0n) is 11.5. The first kappa shape index (κ1) is 13.7. The number of carbonyl (C=O) groups is 1. The summed E-state index contributed by atoms with van der Waals surface area (Å²) in [4.78, 5) is 11.7. The number of esters is 1. The minimum Gasteiger partial charge on any atom is -0.493 e. The first-order valence-electron chi connectivity index (χ1n) is 6.15. The second-order valence-electron chi connectivity index (χ2n) is 4.90. The standard InChI is InChI=1S/C14H19NO4/c1-17-11-7-9(13(16)19-3)6-10(12(11)18-2)8-14(15)4-5-14/h6-7H,4-5,8,15H2,1-3H3. The Morgan fingerprint density at radius 1 is 1.26 bits per heavy atom. The molecule has 0 bridgehead atoms. The summed E-state index contributed by atoms with van der Waals surface area (Å²) in [6, 6.07) is 3.38. The van der Waals surface area contributed by atoms with Crippen LogP contribution in [0.2, 0.25) is 0 Å². The zero-order valence-corrected chi connectivity index (χ0v) is 11.5. The van der Waals surface area contributed by atoms with Gasteiger partial charge < -0.3 is 19.9 Å². The van der Waals surface area contributed by atoms with Gasteiger partial charge in [0, 0.05) is 11.1 Å². The molecule has 1 aromatic carbocycles. The predicted octanol–water partition coefficient (Wildman–Crippen LogP) is 1.52. The van der Waals surface area contributed by atoms with Crippen molar-refractivity contribution in [3.8, 4) is 11.5 Å². The van der Waals surface area contributed by atoms with E-state index in [0.29, 0.717) is 23.5 Å². The van der Waals surface area contributed by atoms with Crippen molar-refractivity contribution in [2.75, 3.05) is 21.3 Å². The molecule has 0 amide bonds. The maximum atomic E-state index is 11.7. The topological polar surface area (TPSA) is 70.8 Å². The quantitative estimate of drug-likeness (QED) is 0.817. The van der Waals surface area contributed by atoms with Crippen molar-refractivity contribution in [2.24, 2.45) is 5.73 Å². The van der Waals surface area contributed by atoms with Gasteiger partial charge in [-0.15, -0.1) is 0 Å². The summed E-state index contributed by atoms with van der Waals surface area (Å²) in [6.07, 6.45) is 2.64. The monoisotopic (exact) mass is 265 g/mol. The number of ether oxygens (including phenoxy) is 3. The van der Waals surface area contributed by atoms with E-state index >= 15 is 0 Å². The molecule has 1 aromatic rings. The lowest BCUT2D eigenvalue weighted by Gasteiger charge is -2.17. The fraction of sp³-hybridized carbons (Fsp3) is 0.500. The molecule has 1 aliphatic rings. The number of carbonyl (C=O) groups excluding carboxylic acids is 1. The van der Waals surface area contributed by atoms with Gasteiger partial charge in [-0.25, -0.2) is 4.79 Å². The molecule has 0 saturated heterocycles. The number of methoxy groups -OCH3 is 3. The highest BCUT2D eigenvalue weighted by atomic mass is 16.5. The van der Waals surface area contributed by atoms with Gasteiger partial charge >= 0.3 is 5.97 Å². The molecular weight excluding hydrogens is 246 g/mol. The first-order chi connectivity index (χ1) is 9.03. The van der Waals surface area contributed by atoms with Crippen LogP contribution in [-0.4, -0.2) is 32.8 Å². The Labute approximate surface area is 112 Å². The normalized spacial score (nSPS) is 15.8. The summed E-state index contributed by atoms with van der Waals surface area (Å²) >= 11 is 0. The number of hydrogen-bond donors (Lipinski definition) is 1. The number of nitrogens with two attached hydrogens (primary N) is 1. The summed E-state index contributed by atoms with van der Waals surface area (Å²) in [5.74, 6) is 0.751. The van der Waals surface area contributed by atoms with Crippen LogP contribution in [0.1, 0.15) is 28.8 Å². The number of benzene rings is 1. The molecule has 2 N–H and O–H groups in total. The smallest absolute Gasteiger partial charge is 0.337 e. The Morgan fingerprint density at radius 2 is 1.95 bits per heavy atom. The van der Waals surface area contributed by atoms with Crippen molar-refractivity contribution in [3.05, 3.63) is 23.3 Å². The molecule has 0 heterocycles. The summed E-state index contributed by atoms with van der Waals surface area (Å²) in [6.45, 7) is 0. The minimum atomic E-state index is -0.399. The molecule has 0 aromatic heterocycles. The highest BCUT2D eigenvalue weighted by Gasteiger charge is 2.39. The van der Waals surface area contributed by atoms with Crippen molar-refractivity contribution in [3.63, 3.8) is 0 Å². The molecule has 0 radical (unpaired) electrons. The van der Waals surface area contributed by atoms with Gasteiger partial charge in [0.2, 0.25) is 0 Å². The van der Waals surface area contributed by atoms with E-state index in [1.165, 1.54) is 14.2 Å². The molecule has 0 unspecified atom stereocenters. The Kier molecular flexibility index (Phi) is 3.66. The van der Waals surface area contributed by atoms with Gasteiger partial charge in [0.05, 0.1) is 26.9 Å². The van der Waals surface area contributed by atoms with Crippen molar-refractivity contribution >= 4 is 5.97 Å². The molecule has 104 valence electrons. The third-order valence-electron chi connectivity index (χ3n) is 3.41. The predicted molar refractivity (Wildman–Crippen MR) is 70.7 cm³/mol. The summed E-state index contributed by atoms with van der Waals surface area (Å²) in [5.41, 5.74) is 7.29. The van der Waals surface area contributed by atoms with Crippen LogP contribution in [0, 0.1) is 0 Å². The molecule has 2 rings (SSSR count). The van der Waals surface area contributed by atoms with Crippen molar-refractivity contribution in [1.82, 2.24) is 0 Å². The Morgan fingerprint density at radius 3 is 2.42 bits per heavy atom. The highest BCUT2D eigenvalue weighted by molar-refractivity contribution is 5.90. The van der Waals surface area contributed by atoms with Crippen molar-refractivity contribution < 1.29 is 19.0 Å². The van der Waals surface area contributed by atoms with Gasteiger partial charge in [-0.2, -0.15) is 0 Å². The fourth-order valence-corrected chi connectivity index (χ4v) is 2.13. The van der Waals surface area contributed by atoms with Crippen LogP contribution in [-0.2, 0) is 11.2 Å². The van der Waals surface area contributed by atoms with Crippen LogP contribution in [0.4, 0.5) is 0 Å². The van der Waals surface area contributed by atoms with E-state index in [-0.39, 0.29) is 5.54 Å². The van der Waals surface area contributed by atoms with Gasteiger partial charge in [0.15, 0.2) is 11.5 Å². The molecule has 0 atom stereocenters. The van der Waals surface area contributed by atoms with Gasteiger partial charge in [0.1, 0.15) is 0 Å². The molecule has 0 aliphatic heterocycles. The Hall–Kier alpha value is -1.75. The number of hydrogen-bond acceptors (Lipinski definition) is 5. The molecule has 5 nitrogen and oxygen atoms in total. The van der Waals surface area contributed by atoms with Gasteiger partial charge in [-0.05, 0) is 31.4 Å². The third kappa shape index (κ3) is 2.81. The van der Waals surface area contributed by atoms with E-state index in [0.717, 1.165) is 18.4 Å². The fourth-order valence-electron chi connectivity index (χ4n) is 2.13. The largest absolute Gasteiger partial charge is 0.493 e. The second kappa shape index (κ2) is 5.09. The molecule has 19 heavy (non-hydrogen) atoms. The molecule has 0 spiro atoms. The Bertz CT molecular complexity index is 494. The zero-order chi connectivity index (χ0) is 14.0. The van der Waals surface area contributed by atoms with E-state index in [2.05, 4.69) is 0 Å². The highest BCUT2D eigenvalue weighted by Crippen LogP contribution is 2.41. The molecular formula is C14H19NO4. The van der Waals surface area contributed by atoms with Crippen LogP contribution in [0.3, 0.4) is 0 Å². The van der Waals surface area contributed by atoms with Gasteiger partial charge in [-0.1, -0.05) is 0 Å². The molecule has 1 fully saturated rings. The van der Waals surface area contributed by atoms with E-state index in [9.17, 15) is 4.79 Å². The van der Waals surface area contributed by atoms with Gasteiger partial charge in [-0.3, -0.25) is 0 Å². The second-order valence-corrected chi connectivity index (χ2v) is 4.90. The third-order valence-corrected chi connectivity index (χ3v) is 3.41. The molecule has 1 saturated carbocycles. The summed E-state index contributed by atoms with van der Waals surface area (Å²) < 4.78 is 15.4. The maximum absolute atomic E-state index is 11.7. The van der Waals surface area contributed by atoms with Crippen LogP contribution < -0.4 is 15.2 Å². The van der Waals surface area contributed by atoms with Crippen LogP contribution in [0.15, 0.2) is 12.1 Å². The van der Waals surface area contributed by atoms with Crippen LogP contribution >= 0.6 is 0 Å². The van der Waals surface area contributed by atoms with E-state index < -0.39 is 5.97 Å². The summed E-state index contributed by atoms with van der Waals surface area (Å²) in [5, 5.41) is 0. The average Bonchev–Trinajstić information content (AvgIpc) is 3.14. The molecule has 5 heteroatoms. The SMILES string of the molecule is COC(=O)c1cc(CC2(N)CC2)c(OC)c(OC)c1. The van der Waals surface area contributed by atoms with E-state index in [1.807, 2.05) is 0 Å². The van der Waals surface area contributed by atoms with Crippen LogP contribution in [0.5, 0.6) is 11.5 Å². The van der Waals surface area contributed by atoms with Crippen molar-refractivity contribution in [1.29, 1.82) is 0 Å². The lowest BCUT2D eigenvalue weighted by molar-refractivity contribution is 0.0600. The minimum absolute atomic E-state index is 0.174. The van der Waals surface area contributed by atoms with E-state index in [4.69, 9.17) is 19.9 Å². The van der Waals surface area contributed by atoms with Crippen molar-refractivity contribution in [2.45, 2.75) is 24.8 Å².